The molecular weight excluding hydrogens is 334 g/mol. The SMILES string of the molecule is CCc1onc(C)c1-c1cccc([C@H]2CN(C(=O)CCOC)CCO2)n1. The van der Waals surface area contributed by atoms with Gasteiger partial charge in [0.2, 0.25) is 5.91 Å². The number of methoxy groups -OCH3 is 1. The summed E-state index contributed by atoms with van der Waals surface area (Å²) in [5, 5.41) is 4.06. The molecule has 1 atom stereocenters. The number of aromatic nitrogens is 2. The molecule has 2 aromatic heterocycles. The number of nitrogens with zero attached hydrogens (tertiary/aromatic N) is 3. The van der Waals surface area contributed by atoms with Gasteiger partial charge in [-0.05, 0) is 19.1 Å². The zero-order valence-corrected chi connectivity index (χ0v) is 15.5. The van der Waals surface area contributed by atoms with Crippen LogP contribution in [0.25, 0.3) is 11.3 Å². The lowest BCUT2D eigenvalue weighted by Gasteiger charge is -2.32. The summed E-state index contributed by atoms with van der Waals surface area (Å²) in [4.78, 5) is 18.9. The monoisotopic (exact) mass is 359 g/mol. The summed E-state index contributed by atoms with van der Waals surface area (Å²) < 4.78 is 16.3. The van der Waals surface area contributed by atoms with Crippen molar-refractivity contribution in [3.63, 3.8) is 0 Å². The Bertz CT molecular complexity index is 759. The third-order valence-electron chi connectivity index (χ3n) is 4.55. The highest BCUT2D eigenvalue weighted by molar-refractivity contribution is 5.76. The molecule has 1 amide bonds. The molecule has 0 radical (unpaired) electrons. The van der Waals surface area contributed by atoms with E-state index in [1.54, 1.807) is 7.11 Å². The predicted molar refractivity (Wildman–Crippen MR) is 95.6 cm³/mol. The Balaban J connectivity index is 1.79. The number of carbonyl (C=O) groups excluding carboxylic acids is 1. The topological polar surface area (TPSA) is 77.7 Å². The van der Waals surface area contributed by atoms with Crippen LogP contribution in [-0.4, -0.2) is 54.4 Å². The Morgan fingerprint density at radius 2 is 2.27 bits per heavy atom. The molecule has 1 aliphatic rings. The average molecular weight is 359 g/mol. The van der Waals surface area contributed by atoms with Crippen molar-refractivity contribution in [1.29, 1.82) is 0 Å². The molecular formula is C19H25N3O4. The lowest BCUT2D eigenvalue weighted by atomic mass is 10.1. The lowest BCUT2D eigenvalue weighted by molar-refractivity contribution is -0.140. The van der Waals surface area contributed by atoms with Gasteiger partial charge in [0.05, 0.1) is 48.8 Å². The molecule has 0 spiro atoms. The Morgan fingerprint density at radius 3 is 3.04 bits per heavy atom. The first-order valence-electron chi connectivity index (χ1n) is 8.94. The minimum absolute atomic E-state index is 0.0828. The maximum Gasteiger partial charge on any atom is 0.225 e. The molecule has 0 aromatic carbocycles. The highest BCUT2D eigenvalue weighted by Crippen LogP contribution is 2.29. The molecule has 140 valence electrons. The van der Waals surface area contributed by atoms with Crippen molar-refractivity contribution in [3.8, 4) is 11.3 Å². The molecule has 1 aliphatic heterocycles. The van der Waals surface area contributed by atoms with E-state index in [9.17, 15) is 4.79 Å². The first-order chi connectivity index (χ1) is 12.6. The maximum atomic E-state index is 12.3. The first kappa shape index (κ1) is 18.5. The van der Waals surface area contributed by atoms with Crippen LogP contribution in [0, 0.1) is 6.92 Å². The summed E-state index contributed by atoms with van der Waals surface area (Å²) in [7, 11) is 1.60. The van der Waals surface area contributed by atoms with Crippen LogP contribution in [0.3, 0.4) is 0 Å². The Morgan fingerprint density at radius 1 is 1.42 bits per heavy atom. The fraction of sp³-hybridized carbons (Fsp3) is 0.526. The minimum Gasteiger partial charge on any atom is -0.384 e. The van der Waals surface area contributed by atoms with Crippen LogP contribution >= 0.6 is 0 Å². The number of hydrogen-bond acceptors (Lipinski definition) is 6. The summed E-state index contributed by atoms with van der Waals surface area (Å²) in [6.45, 7) is 5.98. The van der Waals surface area contributed by atoms with Crippen LogP contribution in [0.15, 0.2) is 22.7 Å². The minimum atomic E-state index is -0.236. The summed E-state index contributed by atoms with van der Waals surface area (Å²) in [6.07, 6.45) is 0.903. The van der Waals surface area contributed by atoms with Gasteiger partial charge in [0.25, 0.3) is 0 Å². The number of amides is 1. The third kappa shape index (κ3) is 3.94. The van der Waals surface area contributed by atoms with Crippen LogP contribution in [0.2, 0.25) is 0 Å². The van der Waals surface area contributed by atoms with Gasteiger partial charge in [-0.2, -0.15) is 0 Å². The fourth-order valence-corrected chi connectivity index (χ4v) is 3.16. The smallest absolute Gasteiger partial charge is 0.225 e. The molecule has 0 aliphatic carbocycles. The van der Waals surface area contributed by atoms with E-state index in [1.165, 1.54) is 0 Å². The van der Waals surface area contributed by atoms with E-state index in [4.69, 9.17) is 19.0 Å². The first-order valence-corrected chi connectivity index (χ1v) is 8.94. The molecule has 3 heterocycles. The molecule has 1 saturated heterocycles. The van der Waals surface area contributed by atoms with Gasteiger partial charge < -0.3 is 18.9 Å². The summed E-state index contributed by atoms with van der Waals surface area (Å²) >= 11 is 0. The van der Waals surface area contributed by atoms with E-state index in [-0.39, 0.29) is 12.0 Å². The fourth-order valence-electron chi connectivity index (χ4n) is 3.16. The van der Waals surface area contributed by atoms with E-state index in [0.29, 0.717) is 32.7 Å². The molecule has 0 saturated carbocycles. The molecule has 0 bridgehead atoms. The Kier molecular flexibility index (Phi) is 6.00. The number of ether oxygens (including phenoxy) is 2. The van der Waals surface area contributed by atoms with Gasteiger partial charge in [-0.25, -0.2) is 4.98 Å². The van der Waals surface area contributed by atoms with Crippen LogP contribution in [0.5, 0.6) is 0 Å². The second-order valence-corrected chi connectivity index (χ2v) is 6.31. The number of pyridine rings is 1. The van der Waals surface area contributed by atoms with Crippen molar-refractivity contribution in [2.24, 2.45) is 0 Å². The third-order valence-corrected chi connectivity index (χ3v) is 4.55. The largest absolute Gasteiger partial charge is 0.384 e. The van der Waals surface area contributed by atoms with Gasteiger partial charge in [0.1, 0.15) is 11.9 Å². The molecule has 0 N–H and O–H groups in total. The molecule has 3 rings (SSSR count). The van der Waals surface area contributed by atoms with Crippen molar-refractivity contribution in [3.05, 3.63) is 35.3 Å². The van der Waals surface area contributed by atoms with Crippen molar-refractivity contribution in [2.45, 2.75) is 32.8 Å². The molecule has 1 fully saturated rings. The normalized spacial score (nSPS) is 17.5. The predicted octanol–water partition coefficient (Wildman–Crippen LogP) is 2.54. The second kappa shape index (κ2) is 8.42. The zero-order chi connectivity index (χ0) is 18.5. The quantitative estimate of drug-likeness (QED) is 0.789. The van der Waals surface area contributed by atoms with E-state index in [2.05, 4.69) is 5.16 Å². The van der Waals surface area contributed by atoms with Gasteiger partial charge in [0, 0.05) is 20.1 Å². The molecule has 2 aromatic rings. The summed E-state index contributed by atoms with van der Waals surface area (Å²) in [5.74, 6) is 0.910. The zero-order valence-electron chi connectivity index (χ0n) is 15.5. The van der Waals surface area contributed by atoms with Crippen LogP contribution in [0.1, 0.15) is 36.6 Å². The highest BCUT2D eigenvalue weighted by atomic mass is 16.5. The molecule has 0 unspecified atom stereocenters. The van der Waals surface area contributed by atoms with Gasteiger partial charge in [-0.15, -0.1) is 0 Å². The molecule has 7 heteroatoms. The standard InChI is InChI=1S/C19H25N3O4/c1-4-16-19(13(2)21-26-16)15-7-5-6-14(20-15)17-12-22(9-11-25-17)18(23)8-10-24-3/h5-7,17H,4,8-12H2,1-3H3/t17-/m1/s1. The van der Waals surface area contributed by atoms with Crippen LogP contribution in [-0.2, 0) is 20.7 Å². The molecule has 7 nitrogen and oxygen atoms in total. The number of hydrogen-bond donors (Lipinski definition) is 0. The maximum absolute atomic E-state index is 12.3. The summed E-state index contributed by atoms with van der Waals surface area (Å²) in [5.41, 5.74) is 3.41. The van der Waals surface area contributed by atoms with Gasteiger partial charge in [-0.3, -0.25) is 4.79 Å². The number of morpholine rings is 1. The number of aryl methyl sites for hydroxylation is 2. The van der Waals surface area contributed by atoms with Gasteiger partial charge in [0.15, 0.2) is 0 Å². The second-order valence-electron chi connectivity index (χ2n) is 6.31. The van der Waals surface area contributed by atoms with Crippen LogP contribution < -0.4 is 0 Å². The Hall–Kier alpha value is -2.25. The Labute approximate surface area is 153 Å². The number of carbonyl (C=O) groups is 1. The average Bonchev–Trinajstić information content (AvgIpc) is 3.07. The highest BCUT2D eigenvalue weighted by Gasteiger charge is 2.26. The van der Waals surface area contributed by atoms with E-state index in [0.717, 1.165) is 34.8 Å². The van der Waals surface area contributed by atoms with Crippen LogP contribution in [0.4, 0.5) is 0 Å². The molecule has 26 heavy (non-hydrogen) atoms. The van der Waals surface area contributed by atoms with E-state index < -0.39 is 0 Å². The van der Waals surface area contributed by atoms with E-state index >= 15 is 0 Å². The van der Waals surface area contributed by atoms with E-state index in [1.807, 2.05) is 36.9 Å². The van der Waals surface area contributed by atoms with Crippen molar-refractivity contribution >= 4 is 5.91 Å². The lowest BCUT2D eigenvalue weighted by Crippen LogP contribution is -2.42. The number of rotatable bonds is 6. The van der Waals surface area contributed by atoms with Crippen molar-refractivity contribution < 1.29 is 18.8 Å². The van der Waals surface area contributed by atoms with Crippen molar-refractivity contribution in [1.82, 2.24) is 15.0 Å². The van der Waals surface area contributed by atoms with Gasteiger partial charge >= 0.3 is 0 Å². The van der Waals surface area contributed by atoms with Gasteiger partial charge in [-0.1, -0.05) is 18.1 Å². The van der Waals surface area contributed by atoms with Crippen molar-refractivity contribution in [2.75, 3.05) is 33.4 Å². The summed E-state index contributed by atoms with van der Waals surface area (Å²) in [6, 6.07) is 5.84.